The van der Waals surface area contributed by atoms with Crippen LogP contribution in [0, 0.1) is 11.8 Å². The summed E-state index contributed by atoms with van der Waals surface area (Å²) < 4.78 is 0. The van der Waals surface area contributed by atoms with Gasteiger partial charge in [-0.1, -0.05) is 12.8 Å². The fourth-order valence-corrected chi connectivity index (χ4v) is 4.36. The third-order valence-corrected chi connectivity index (χ3v) is 5.80. The smallest absolute Gasteiger partial charge is 0.245 e. The third kappa shape index (κ3) is 4.06. The summed E-state index contributed by atoms with van der Waals surface area (Å²) in [6.07, 6.45) is 9.42. The number of hydrogen-bond acceptors (Lipinski definition) is 5. The van der Waals surface area contributed by atoms with Crippen LogP contribution in [0.15, 0.2) is 12.3 Å². The second-order valence-electron chi connectivity index (χ2n) is 7.50. The zero-order chi connectivity index (χ0) is 16.5. The molecule has 2 saturated carbocycles. The Kier molecular flexibility index (Phi) is 5.79. The van der Waals surface area contributed by atoms with Crippen LogP contribution in [0.1, 0.15) is 50.1 Å². The highest BCUT2D eigenvalue weighted by Gasteiger charge is 2.43. The molecule has 2 heterocycles. The summed E-state index contributed by atoms with van der Waals surface area (Å²) in [6, 6.07) is 2.15. The van der Waals surface area contributed by atoms with E-state index in [0.29, 0.717) is 17.8 Å². The monoisotopic (exact) mass is 366 g/mol. The quantitative estimate of drug-likeness (QED) is 0.831. The lowest BCUT2D eigenvalue weighted by Crippen LogP contribution is -2.42. The van der Waals surface area contributed by atoms with Gasteiger partial charge in [0.15, 0.2) is 0 Å². The molecule has 0 unspecified atom stereocenters. The van der Waals surface area contributed by atoms with Crippen molar-refractivity contribution in [1.82, 2.24) is 15.3 Å². The fourth-order valence-electron chi connectivity index (χ4n) is 4.36. The molecule has 0 spiro atoms. The number of carbonyl (C=O) groups is 1. The summed E-state index contributed by atoms with van der Waals surface area (Å²) in [5, 5.41) is 12.0. The van der Waals surface area contributed by atoms with Gasteiger partial charge in [0.05, 0.1) is 6.04 Å². The second kappa shape index (κ2) is 7.87. The van der Waals surface area contributed by atoms with E-state index < -0.39 is 6.61 Å². The minimum Gasteiger partial charge on any atom is -0.387 e. The molecule has 0 bridgehead atoms. The van der Waals surface area contributed by atoms with E-state index in [4.69, 9.17) is 10.1 Å². The lowest BCUT2D eigenvalue weighted by Gasteiger charge is -2.18. The van der Waals surface area contributed by atoms with Crippen LogP contribution in [0.2, 0.25) is 0 Å². The first-order chi connectivity index (χ1) is 11.7. The van der Waals surface area contributed by atoms with Crippen molar-refractivity contribution >= 4 is 24.3 Å². The average Bonchev–Trinajstić information content (AvgIpc) is 3.14. The Morgan fingerprint density at radius 1 is 1.24 bits per heavy atom. The number of amides is 1. The molecular weight excluding hydrogens is 340 g/mol. The van der Waals surface area contributed by atoms with Gasteiger partial charge in [-0.2, -0.15) is 0 Å². The second-order valence-corrected chi connectivity index (χ2v) is 7.50. The number of carbonyl (C=O) groups excluding carboxylic acids is 1. The summed E-state index contributed by atoms with van der Waals surface area (Å²) in [5.74, 6) is 2.23. The molecule has 3 aliphatic rings. The zero-order valence-electron chi connectivity index (χ0n) is 14.4. The van der Waals surface area contributed by atoms with Crippen LogP contribution in [0.25, 0.3) is 0 Å². The molecule has 2 N–H and O–H groups in total. The van der Waals surface area contributed by atoms with Crippen LogP contribution in [-0.2, 0) is 4.79 Å². The van der Waals surface area contributed by atoms with Gasteiger partial charge in [-0.15, -0.1) is 12.4 Å². The summed E-state index contributed by atoms with van der Waals surface area (Å²) in [4.78, 5) is 23.2. The molecule has 2 aliphatic carbocycles. The average molecular weight is 367 g/mol. The first-order valence-electron chi connectivity index (χ1n) is 9.22. The molecule has 25 heavy (non-hydrogen) atoms. The number of aliphatic hydroxyl groups is 1. The summed E-state index contributed by atoms with van der Waals surface area (Å²) in [6.45, 7) is 1.19. The Balaban J connectivity index is 0.00000182. The van der Waals surface area contributed by atoms with Crippen molar-refractivity contribution in [3.8, 4) is 0 Å². The molecule has 2 atom stereocenters. The van der Waals surface area contributed by atoms with Gasteiger partial charge in [0.1, 0.15) is 6.61 Å². The van der Waals surface area contributed by atoms with E-state index >= 15 is 0 Å². The van der Waals surface area contributed by atoms with Crippen LogP contribution >= 0.6 is 12.4 Å². The van der Waals surface area contributed by atoms with Crippen molar-refractivity contribution in [1.29, 1.82) is 0 Å². The number of aliphatic hydroxyl groups excluding tert-OH is 1. The van der Waals surface area contributed by atoms with Crippen molar-refractivity contribution in [3.05, 3.63) is 18.0 Å². The third-order valence-electron chi connectivity index (χ3n) is 5.80. The lowest BCUT2D eigenvalue weighted by molar-refractivity contribution is -0.124. The SMILES string of the molecule is Cl.O=C(CO)N[C@H]1CN(c2nccc(C3CCCC3)n2)C[C@@H]1C1CC1. The fraction of sp³-hybridized carbons (Fsp3) is 0.722. The maximum atomic E-state index is 11.6. The number of rotatable bonds is 5. The van der Waals surface area contributed by atoms with Gasteiger partial charge in [0.2, 0.25) is 11.9 Å². The molecule has 138 valence electrons. The van der Waals surface area contributed by atoms with Crippen LogP contribution in [-0.4, -0.2) is 46.7 Å². The molecule has 1 aromatic heterocycles. The Morgan fingerprint density at radius 3 is 2.68 bits per heavy atom. The molecule has 1 aromatic rings. The number of aromatic nitrogens is 2. The highest BCUT2D eigenvalue weighted by Crippen LogP contribution is 2.42. The summed E-state index contributed by atoms with van der Waals surface area (Å²) in [5.41, 5.74) is 1.17. The number of hydrogen-bond donors (Lipinski definition) is 2. The van der Waals surface area contributed by atoms with Gasteiger partial charge >= 0.3 is 0 Å². The minimum atomic E-state index is -0.443. The topological polar surface area (TPSA) is 78.4 Å². The first-order valence-corrected chi connectivity index (χ1v) is 9.22. The molecule has 7 heteroatoms. The van der Waals surface area contributed by atoms with Crippen LogP contribution in [0.3, 0.4) is 0 Å². The minimum absolute atomic E-state index is 0. The summed E-state index contributed by atoms with van der Waals surface area (Å²) >= 11 is 0. The maximum Gasteiger partial charge on any atom is 0.245 e. The van der Waals surface area contributed by atoms with Gasteiger partial charge in [-0.25, -0.2) is 9.97 Å². The van der Waals surface area contributed by atoms with Crippen molar-refractivity contribution in [3.63, 3.8) is 0 Å². The number of anilines is 1. The molecule has 1 amide bonds. The van der Waals surface area contributed by atoms with E-state index in [1.807, 2.05) is 6.20 Å². The van der Waals surface area contributed by atoms with E-state index in [2.05, 4.69) is 21.3 Å². The predicted octanol–water partition coefficient (Wildman–Crippen LogP) is 1.88. The lowest BCUT2D eigenvalue weighted by atomic mass is 9.98. The van der Waals surface area contributed by atoms with Crippen molar-refractivity contribution in [2.75, 3.05) is 24.6 Å². The number of nitrogens with zero attached hydrogens (tertiary/aromatic N) is 3. The van der Waals surface area contributed by atoms with E-state index in [1.54, 1.807) is 0 Å². The van der Waals surface area contributed by atoms with Crippen molar-refractivity contribution in [2.45, 2.75) is 50.5 Å². The number of nitrogens with one attached hydrogen (secondary N) is 1. The van der Waals surface area contributed by atoms with Crippen LogP contribution in [0.5, 0.6) is 0 Å². The summed E-state index contributed by atoms with van der Waals surface area (Å²) in [7, 11) is 0. The molecular formula is C18H27ClN4O2. The maximum absolute atomic E-state index is 11.6. The molecule has 1 aliphatic heterocycles. The van der Waals surface area contributed by atoms with Crippen LogP contribution in [0.4, 0.5) is 5.95 Å². The van der Waals surface area contributed by atoms with Gasteiger partial charge in [0, 0.05) is 36.8 Å². The van der Waals surface area contributed by atoms with E-state index in [0.717, 1.165) is 19.0 Å². The highest BCUT2D eigenvalue weighted by molar-refractivity contribution is 5.85. The van der Waals surface area contributed by atoms with E-state index in [1.165, 1.54) is 44.2 Å². The zero-order valence-corrected chi connectivity index (χ0v) is 15.2. The van der Waals surface area contributed by atoms with Gasteiger partial charge in [-0.3, -0.25) is 4.79 Å². The predicted molar refractivity (Wildman–Crippen MR) is 97.9 cm³/mol. The molecule has 3 fully saturated rings. The van der Waals surface area contributed by atoms with E-state index in [-0.39, 0.29) is 24.4 Å². The Bertz CT molecular complexity index is 604. The molecule has 0 aromatic carbocycles. The Labute approximate surface area is 154 Å². The van der Waals surface area contributed by atoms with Crippen LogP contribution < -0.4 is 10.2 Å². The van der Waals surface area contributed by atoms with E-state index in [9.17, 15) is 4.79 Å². The molecule has 4 rings (SSSR count). The number of halogens is 1. The Morgan fingerprint density at radius 2 is 2.00 bits per heavy atom. The van der Waals surface area contributed by atoms with Crippen molar-refractivity contribution in [2.24, 2.45) is 11.8 Å². The van der Waals surface area contributed by atoms with Crippen molar-refractivity contribution < 1.29 is 9.90 Å². The first kappa shape index (κ1) is 18.4. The molecule has 1 saturated heterocycles. The highest BCUT2D eigenvalue weighted by atomic mass is 35.5. The van der Waals surface area contributed by atoms with Gasteiger partial charge < -0.3 is 15.3 Å². The molecule has 6 nitrogen and oxygen atoms in total. The standard InChI is InChI=1S/C18H26N4O2.ClH/c23-11-17(24)20-16-10-22(9-14(16)12-5-6-12)18-19-8-7-15(21-18)13-3-1-2-4-13;/h7-8,12-14,16,23H,1-6,9-11H2,(H,20,24);1H/t14-,16+;/m1./s1. The van der Waals surface area contributed by atoms with Gasteiger partial charge in [-0.05, 0) is 37.7 Å². The molecule has 0 radical (unpaired) electrons. The van der Waals surface area contributed by atoms with Gasteiger partial charge in [0.25, 0.3) is 0 Å². The normalized spacial score (nSPS) is 26.5. The Hall–Kier alpha value is -1.40. The largest absolute Gasteiger partial charge is 0.387 e.